The summed E-state index contributed by atoms with van der Waals surface area (Å²) in [6.07, 6.45) is 1.08. The van der Waals surface area contributed by atoms with Crippen molar-refractivity contribution >= 4 is 0 Å². The van der Waals surface area contributed by atoms with Crippen LogP contribution in [0.3, 0.4) is 0 Å². The minimum atomic E-state index is 0.382. The molecule has 1 unspecified atom stereocenters. The van der Waals surface area contributed by atoms with E-state index in [2.05, 4.69) is 20.7 Å². The Labute approximate surface area is 111 Å². The molecule has 6 nitrogen and oxygen atoms in total. The van der Waals surface area contributed by atoms with Crippen molar-refractivity contribution in [1.82, 2.24) is 25.5 Å². The van der Waals surface area contributed by atoms with Crippen molar-refractivity contribution in [1.29, 1.82) is 0 Å². The lowest BCUT2D eigenvalue weighted by Gasteiger charge is -2.06. The topological polar surface area (TPSA) is 64.9 Å². The average Bonchev–Trinajstić information content (AvgIpc) is 3.09. The standard InChI is InChI=1S/C13H17N5O/c1-9-7-11(3-4-12(9)19-2)18-16-13(15-17-18)10-5-6-14-8-10/h3-4,7,10,14H,5-6,8H2,1-2H3. The number of tetrazole rings is 1. The van der Waals surface area contributed by atoms with Crippen LogP contribution in [0.5, 0.6) is 5.75 Å². The highest BCUT2D eigenvalue weighted by Gasteiger charge is 2.21. The second-order valence-corrected chi connectivity index (χ2v) is 4.78. The van der Waals surface area contributed by atoms with Gasteiger partial charge < -0.3 is 10.1 Å². The van der Waals surface area contributed by atoms with Crippen molar-refractivity contribution in [2.24, 2.45) is 0 Å². The molecule has 1 atom stereocenters. The number of nitrogens with zero attached hydrogens (tertiary/aromatic N) is 4. The Morgan fingerprint density at radius 3 is 3.00 bits per heavy atom. The van der Waals surface area contributed by atoms with Crippen LogP contribution in [-0.2, 0) is 0 Å². The van der Waals surface area contributed by atoms with E-state index in [4.69, 9.17) is 4.74 Å². The Balaban J connectivity index is 1.87. The number of nitrogens with one attached hydrogen (secondary N) is 1. The van der Waals surface area contributed by atoms with E-state index in [1.54, 1.807) is 11.9 Å². The summed E-state index contributed by atoms with van der Waals surface area (Å²) < 4.78 is 5.25. The minimum absolute atomic E-state index is 0.382. The molecule has 1 saturated heterocycles. The van der Waals surface area contributed by atoms with Gasteiger partial charge in [0.2, 0.25) is 0 Å². The third kappa shape index (κ3) is 2.31. The maximum atomic E-state index is 5.25. The third-order valence-corrected chi connectivity index (χ3v) is 3.46. The molecule has 0 spiro atoms. The maximum Gasteiger partial charge on any atom is 0.179 e. The molecule has 0 amide bonds. The summed E-state index contributed by atoms with van der Waals surface area (Å²) in [5.41, 5.74) is 1.96. The summed E-state index contributed by atoms with van der Waals surface area (Å²) in [6, 6.07) is 5.85. The molecule has 0 saturated carbocycles. The quantitative estimate of drug-likeness (QED) is 0.892. The second kappa shape index (κ2) is 4.97. The van der Waals surface area contributed by atoms with E-state index in [1.165, 1.54) is 0 Å². The Bertz CT molecular complexity index is 574. The van der Waals surface area contributed by atoms with Crippen molar-refractivity contribution in [3.05, 3.63) is 29.6 Å². The molecular formula is C13H17N5O. The molecule has 1 N–H and O–H groups in total. The predicted octanol–water partition coefficient (Wildman–Crippen LogP) is 1.06. The van der Waals surface area contributed by atoms with Gasteiger partial charge in [0.15, 0.2) is 5.82 Å². The number of hydrogen-bond acceptors (Lipinski definition) is 5. The lowest BCUT2D eigenvalue weighted by atomic mass is 10.1. The smallest absolute Gasteiger partial charge is 0.179 e. The first-order chi connectivity index (χ1) is 9.28. The summed E-state index contributed by atoms with van der Waals surface area (Å²) in [4.78, 5) is 1.58. The van der Waals surface area contributed by atoms with Gasteiger partial charge in [0.25, 0.3) is 0 Å². The third-order valence-electron chi connectivity index (χ3n) is 3.46. The van der Waals surface area contributed by atoms with Crippen LogP contribution < -0.4 is 10.1 Å². The lowest BCUT2D eigenvalue weighted by molar-refractivity contribution is 0.411. The monoisotopic (exact) mass is 259 g/mol. The Morgan fingerprint density at radius 2 is 2.32 bits per heavy atom. The Morgan fingerprint density at radius 1 is 1.42 bits per heavy atom. The molecule has 1 aromatic carbocycles. The van der Waals surface area contributed by atoms with Crippen LogP contribution in [0, 0.1) is 6.92 Å². The molecule has 0 aliphatic carbocycles. The number of aromatic nitrogens is 4. The number of benzene rings is 1. The fraction of sp³-hybridized carbons (Fsp3) is 0.462. The van der Waals surface area contributed by atoms with Crippen LogP contribution in [0.2, 0.25) is 0 Å². The summed E-state index contributed by atoms with van der Waals surface area (Å²) in [5, 5.41) is 16.1. The molecule has 1 fully saturated rings. The Hall–Kier alpha value is -1.95. The number of hydrogen-bond donors (Lipinski definition) is 1. The molecular weight excluding hydrogens is 242 g/mol. The molecule has 1 aliphatic heterocycles. The van der Waals surface area contributed by atoms with Crippen LogP contribution in [0.25, 0.3) is 5.69 Å². The van der Waals surface area contributed by atoms with Crippen LogP contribution in [0.1, 0.15) is 23.7 Å². The van der Waals surface area contributed by atoms with Gasteiger partial charge in [-0.2, -0.15) is 0 Å². The van der Waals surface area contributed by atoms with Crippen LogP contribution in [-0.4, -0.2) is 40.4 Å². The first-order valence-corrected chi connectivity index (χ1v) is 6.43. The van der Waals surface area contributed by atoms with Gasteiger partial charge in [0.1, 0.15) is 5.75 Å². The lowest BCUT2D eigenvalue weighted by Crippen LogP contribution is -2.09. The average molecular weight is 259 g/mol. The van der Waals surface area contributed by atoms with Gasteiger partial charge in [0.05, 0.1) is 12.8 Å². The summed E-state index contributed by atoms with van der Waals surface area (Å²) >= 11 is 0. The highest BCUT2D eigenvalue weighted by atomic mass is 16.5. The maximum absolute atomic E-state index is 5.25. The highest BCUT2D eigenvalue weighted by molar-refractivity contribution is 5.42. The van der Waals surface area contributed by atoms with Crippen molar-refractivity contribution in [2.75, 3.05) is 20.2 Å². The van der Waals surface area contributed by atoms with Crippen LogP contribution >= 0.6 is 0 Å². The molecule has 2 heterocycles. The van der Waals surface area contributed by atoms with Crippen LogP contribution in [0.15, 0.2) is 18.2 Å². The van der Waals surface area contributed by atoms with Crippen molar-refractivity contribution < 1.29 is 4.74 Å². The molecule has 1 aliphatic rings. The zero-order chi connectivity index (χ0) is 13.2. The molecule has 19 heavy (non-hydrogen) atoms. The Kier molecular flexibility index (Phi) is 3.16. The van der Waals surface area contributed by atoms with E-state index in [1.807, 2.05) is 25.1 Å². The summed E-state index contributed by atoms with van der Waals surface area (Å²) in [7, 11) is 1.67. The van der Waals surface area contributed by atoms with Crippen molar-refractivity contribution in [3.8, 4) is 11.4 Å². The molecule has 1 aromatic heterocycles. The first kappa shape index (κ1) is 12.1. The SMILES string of the molecule is COc1ccc(-n2nnc(C3CCNC3)n2)cc1C. The van der Waals surface area contributed by atoms with E-state index in [9.17, 15) is 0 Å². The van der Waals surface area contributed by atoms with Crippen molar-refractivity contribution in [3.63, 3.8) is 0 Å². The van der Waals surface area contributed by atoms with Gasteiger partial charge in [-0.3, -0.25) is 0 Å². The zero-order valence-corrected chi connectivity index (χ0v) is 11.1. The van der Waals surface area contributed by atoms with Gasteiger partial charge in [-0.15, -0.1) is 15.0 Å². The predicted molar refractivity (Wildman–Crippen MR) is 70.7 cm³/mol. The molecule has 0 bridgehead atoms. The molecule has 0 radical (unpaired) electrons. The van der Waals surface area contributed by atoms with Crippen molar-refractivity contribution in [2.45, 2.75) is 19.3 Å². The number of aryl methyl sites for hydroxylation is 1. The van der Waals surface area contributed by atoms with Crippen LogP contribution in [0.4, 0.5) is 0 Å². The fourth-order valence-corrected chi connectivity index (χ4v) is 2.36. The largest absolute Gasteiger partial charge is 0.496 e. The summed E-state index contributed by atoms with van der Waals surface area (Å²) in [5.74, 6) is 2.07. The highest BCUT2D eigenvalue weighted by Crippen LogP contribution is 2.21. The zero-order valence-electron chi connectivity index (χ0n) is 11.1. The van der Waals surface area contributed by atoms with E-state index in [-0.39, 0.29) is 0 Å². The van der Waals surface area contributed by atoms with E-state index < -0.39 is 0 Å². The second-order valence-electron chi connectivity index (χ2n) is 4.78. The van der Waals surface area contributed by atoms with Gasteiger partial charge in [0, 0.05) is 12.5 Å². The number of ether oxygens (including phenoxy) is 1. The fourth-order valence-electron chi connectivity index (χ4n) is 2.36. The minimum Gasteiger partial charge on any atom is -0.496 e. The first-order valence-electron chi connectivity index (χ1n) is 6.43. The van der Waals surface area contributed by atoms with E-state index >= 15 is 0 Å². The van der Waals surface area contributed by atoms with Gasteiger partial charge in [-0.1, -0.05) is 0 Å². The number of rotatable bonds is 3. The van der Waals surface area contributed by atoms with E-state index in [0.717, 1.165) is 42.3 Å². The molecule has 6 heteroatoms. The van der Waals surface area contributed by atoms with E-state index in [0.29, 0.717) is 5.92 Å². The van der Waals surface area contributed by atoms with Gasteiger partial charge >= 0.3 is 0 Å². The summed E-state index contributed by atoms with van der Waals surface area (Å²) in [6.45, 7) is 3.97. The molecule has 100 valence electrons. The van der Waals surface area contributed by atoms with Gasteiger partial charge in [-0.25, -0.2) is 0 Å². The van der Waals surface area contributed by atoms with Gasteiger partial charge in [-0.05, 0) is 48.9 Å². The molecule has 3 rings (SSSR count). The molecule has 2 aromatic rings. The normalized spacial score (nSPS) is 18.7. The number of methoxy groups -OCH3 is 1.